The van der Waals surface area contributed by atoms with Crippen LogP contribution in [0.3, 0.4) is 0 Å². The van der Waals surface area contributed by atoms with Gasteiger partial charge in [-0.05, 0) is 172 Å². The van der Waals surface area contributed by atoms with Crippen LogP contribution in [-0.2, 0) is 10.8 Å². The highest BCUT2D eigenvalue weighted by atomic mass is 14.5. The first-order valence-corrected chi connectivity index (χ1v) is 24.1. The maximum absolute atomic E-state index is 2.48. The zero-order chi connectivity index (χ0) is 44.0. The zero-order valence-electron chi connectivity index (χ0n) is 36.9. The standard InChI is InChI=1S/C68H38/c1-2-17-44-43(16-1)49-21-10-29-60-63(49)64-50(44)22-11-30-61(64)68(60)57-27-8-5-20-48(57)54-38-42(33-35-58(54)68)40-15-9-14-39(36-40)41-32-34-45-51-23-12-28-59-65(51)66-52(53(45)37-41)24-13-31-62(66)67(59)55-25-6-3-18-46(55)47-19-4-7-26-56(47)67/h1-38H. The monoisotopic (exact) mass is 854 g/mol. The molecule has 13 aromatic rings. The fraction of sp³-hybridized carbons (Fsp3) is 0.0294. The van der Waals surface area contributed by atoms with Crippen molar-refractivity contribution in [2.24, 2.45) is 0 Å². The van der Waals surface area contributed by atoms with Gasteiger partial charge in [-0.25, -0.2) is 0 Å². The second-order valence-corrected chi connectivity index (χ2v) is 19.7. The third kappa shape index (κ3) is 3.94. The Morgan fingerprint density at radius 2 is 0.500 bits per heavy atom. The summed E-state index contributed by atoms with van der Waals surface area (Å²) in [6, 6.07) is 88.3. The minimum absolute atomic E-state index is 0.351. The van der Waals surface area contributed by atoms with E-state index in [4.69, 9.17) is 0 Å². The molecule has 0 amide bonds. The molecule has 0 fully saturated rings. The molecule has 68 heavy (non-hydrogen) atoms. The minimum Gasteiger partial charge on any atom is -0.0619 e. The van der Waals surface area contributed by atoms with Gasteiger partial charge < -0.3 is 0 Å². The molecule has 0 aromatic heterocycles. The lowest BCUT2D eigenvalue weighted by Gasteiger charge is -2.30. The summed E-state index contributed by atoms with van der Waals surface area (Å²) in [5.74, 6) is 0. The Morgan fingerprint density at radius 3 is 1.00 bits per heavy atom. The number of hydrogen-bond donors (Lipinski definition) is 0. The molecule has 0 heteroatoms. The molecular formula is C68H38. The van der Waals surface area contributed by atoms with Crippen molar-refractivity contribution >= 4 is 64.6 Å². The zero-order valence-corrected chi connectivity index (χ0v) is 36.9. The first-order chi connectivity index (χ1) is 33.7. The van der Waals surface area contributed by atoms with Gasteiger partial charge in [0.05, 0.1) is 10.8 Å². The average Bonchev–Trinajstić information content (AvgIpc) is 4.10. The molecule has 0 nitrogen and oxygen atoms in total. The Labute approximate surface area is 393 Å². The number of hydrogen-bond acceptors (Lipinski definition) is 0. The maximum atomic E-state index is 2.48. The molecule has 13 aromatic carbocycles. The lowest BCUT2D eigenvalue weighted by atomic mass is 9.70. The normalized spacial score (nSPS) is 14.7. The molecule has 0 radical (unpaired) electrons. The average molecular weight is 855 g/mol. The Bertz CT molecular complexity index is 4380. The summed E-state index contributed by atoms with van der Waals surface area (Å²) in [7, 11) is 0. The summed E-state index contributed by atoms with van der Waals surface area (Å²) < 4.78 is 0. The van der Waals surface area contributed by atoms with Crippen molar-refractivity contribution in [2.45, 2.75) is 10.8 Å². The van der Waals surface area contributed by atoms with Crippen LogP contribution >= 0.6 is 0 Å². The van der Waals surface area contributed by atoms with Crippen LogP contribution in [-0.4, -0.2) is 0 Å². The van der Waals surface area contributed by atoms with Gasteiger partial charge in [-0.1, -0.05) is 212 Å². The van der Waals surface area contributed by atoms with E-state index in [2.05, 4.69) is 231 Å². The van der Waals surface area contributed by atoms with Crippen molar-refractivity contribution in [3.63, 3.8) is 0 Å². The number of rotatable bonds is 2. The van der Waals surface area contributed by atoms with Crippen LogP contribution in [0.25, 0.3) is 109 Å². The van der Waals surface area contributed by atoms with E-state index in [9.17, 15) is 0 Å². The molecule has 4 aliphatic rings. The van der Waals surface area contributed by atoms with Crippen LogP contribution in [0.5, 0.6) is 0 Å². The topological polar surface area (TPSA) is 0 Å². The van der Waals surface area contributed by atoms with Gasteiger partial charge in [0.15, 0.2) is 0 Å². The lowest BCUT2D eigenvalue weighted by molar-refractivity contribution is 0.797. The maximum Gasteiger partial charge on any atom is 0.0725 e. The molecule has 0 saturated carbocycles. The Balaban J connectivity index is 0.840. The van der Waals surface area contributed by atoms with E-state index in [1.807, 2.05) is 0 Å². The molecule has 0 bridgehead atoms. The fourth-order valence-electron chi connectivity index (χ4n) is 14.6. The summed E-state index contributed by atoms with van der Waals surface area (Å²) in [4.78, 5) is 0. The molecule has 2 spiro atoms. The van der Waals surface area contributed by atoms with Crippen molar-refractivity contribution < 1.29 is 0 Å². The summed E-state index contributed by atoms with van der Waals surface area (Å²) in [6.07, 6.45) is 0. The van der Waals surface area contributed by atoms with Crippen LogP contribution in [0.2, 0.25) is 0 Å². The highest BCUT2D eigenvalue weighted by Crippen LogP contribution is 2.65. The van der Waals surface area contributed by atoms with E-state index in [-0.39, 0.29) is 5.41 Å². The smallest absolute Gasteiger partial charge is 0.0619 e. The lowest BCUT2D eigenvalue weighted by Crippen LogP contribution is -2.26. The van der Waals surface area contributed by atoms with E-state index in [0.717, 1.165) is 0 Å². The van der Waals surface area contributed by atoms with Crippen molar-refractivity contribution in [3.8, 4) is 44.5 Å². The number of fused-ring (bicyclic) bond motifs is 20. The molecule has 0 atom stereocenters. The highest BCUT2D eigenvalue weighted by Gasteiger charge is 2.52. The minimum atomic E-state index is -0.394. The van der Waals surface area contributed by atoms with Crippen molar-refractivity contribution in [3.05, 3.63) is 275 Å². The van der Waals surface area contributed by atoms with Gasteiger partial charge in [-0.15, -0.1) is 0 Å². The van der Waals surface area contributed by atoms with E-state index >= 15 is 0 Å². The predicted octanol–water partition coefficient (Wildman–Crippen LogP) is 17.3. The van der Waals surface area contributed by atoms with Crippen LogP contribution in [0, 0.1) is 0 Å². The van der Waals surface area contributed by atoms with Gasteiger partial charge >= 0.3 is 0 Å². The van der Waals surface area contributed by atoms with Gasteiger partial charge in [0, 0.05) is 0 Å². The molecule has 0 aliphatic heterocycles. The molecule has 0 N–H and O–H groups in total. The molecule has 0 saturated heterocycles. The Morgan fingerprint density at radius 1 is 0.176 bits per heavy atom. The first-order valence-electron chi connectivity index (χ1n) is 24.1. The predicted molar refractivity (Wildman–Crippen MR) is 284 cm³/mol. The summed E-state index contributed by atoms with van der Waals surface area (Å²) in [5, 5.41) is 16.2. The fourth-order valence-corrected chi connectivity index (χ4v) is 14.6. The second kappa shape index (κ2) is 12.2. The summed E-state index contributed by atoms with van der Waals surface area (Å²) >= 11 is 0. The summed E-state index contributed by atoms with van der Waals surface area (Å²) in [6.45, 7) is 0. The van der Waals surface area contributed by atoms with Gasteiger partial charge in [-0.3, -0.25) is 0 Å². The summed E-state index contributed by atoms with van der Waals surface area (Å²) in [5.41, 5.74) is 20.6. The van der Waals surface area contributed by atoms with Gasteiger partial charge in [0.2, 0.25) is 0 Å². The van der Waals surface area contributed by atoms with Gasteiger partial charge in [0.1, 0.15) is 0 Å². The highest BCUT2D eigenvalue weighted by molar-refractivity contribution is 6.31. The van der Waals surface area contributed by atoms with Crippen LogP contribution in [0.4, 0.5) is 0 Å². The molecule has 0 unspecified atom stereocenters. The molecule has 310 valence electrons. The Kier molecular flexibility index (Phi) is 6.42. The third-order valence-electron chi connectivity index (χ3n) is 17.0. The van der Waals surface area contributed by atoms with Crippen molar-refractivity contribution in [2.75, 3.05) is 0 Å². The van der Waals surface area contributed by atoms with E-state index in [1.165, 1.54) is 154 Å². The molecule has 0 heterocycles. The first kappa shape index (κ1) is 35.7. The van der Waals surface area contributed by atoms with Gasteiger partial charge in [0.25, 0.3) is 0 Å². The van der Waals surface area contributed by atoms with E-state index in [1.54, 1.807) is 0 Å². The van der Waals surface area contributed by atoms with Crippen molar-refractivity contribution in [1.29, 1.82) is 0 Å². The van der Waals surface area contributed by atoms with Crippen molar-refractivity contribution in [1.82, 2.24) is 0 Å². The third-order valence-corrected chi connectivity index (χ3v) is 17.0. The quantitative estimate of drug-likeness (QED) is 0.152. The van der Waals surface area contributed by atoms with Crippen LogP contribution in [0.15, 0.2) is 231 Å². The van der Waals surface area contributed by atoms with E-state index in [0.29, 0.717) is 0 Å². The van der Waals surface area contributed by atoms with E-state index < -0.39 is 5.41 Å². The van der Waals surface area contributed by atoms with Crippen LogP contribution < -0.4 is 0 Å². The molecular weight excluding hydrogens is 817 g/mol. The molecule has 17 rings (SSSR count). The SMILES string of the molecule is c1cc(-c2ccc3c(c2)-c2ccccc2C32c3cccc4c5ccccc5c5cccc2c5c34)cc(-c2ccc3c(c2)c2cccc4c2c2c(cccc32)C42c3ccccc3-c3ccccc32)c1. The number of benzene rings is 13. The molecule has 4 aliphatic carbocycles. The second-order valence-electron chi connectivity index (χ2n) is 19.7. The van der Waals surface area contributed by atoms with Crippen LogP contribution in [0.1, 0.15) is 44.5 Å². The van der Waals surface area contributed by atoms with Gasteiger partial charge in [-0.2, -0.15) is 0 Å². The Hall–Kier alpha value is -8.58. The largest absolute Gasteiger partial charge is 0.0725 e.